The van der Waals surface area contributed by atoms with Crippen LogP contribution in [0.2, 0.25) is 0 Å². The molecule has 0 spiro atoms. The summed E-state index contributed by atoms with van der Waals surface area (Å²) in [6.07, 6.45) is 4.57. The first-order valence-corrected chi connectivity index (χ1v) is 7.43. The van der Waals surface area contributed by atoms with Crippen LogP contribution in [0.3, 0.4) is 0 Å². The van der Waals surface area contributed by atoms with Gasteiger partial charge in [0.25, 0.3) is 5.91 Å². The standard InChI is InChI=1S/C15H22N4O2/c1-2-3-5-17-15(21)14-11-13(4-6-16-14)19-9-7-18(12-20)8-10-19/h4,6,11-12H,2-3,5,7-10H2,1H3,(H,17,21). The normalized spacial score (nSPS) is 14.9. The van der Waals surface area contributed by atoms with Crippen LogP contribution in [0.4, 0.5) is 5.69 Å². The van der Waals surface area contributed by atoms with Gasteiger partial charge in [-0.15, -0.1) is 0 Å². The van der Waals surface area contributed by atoms with Gasteiger partial charge < -0.3 is 15.1 Å². The minimum atomic E-state index is -0.128. The van der Waals surface area contributed by atoms with Gasteiger partial charge in [-0.2, -0.15) is 0 Å². The third-order valence-corrected chi connectivity index (χ3v) is 3.62. The molecule has 114 valence electrons. The number of anilines is 1. The average molecular weight is 290 g/mol. The molecule has 1 fully saturated rings. The molecule has 0 aliphatic carbocycles. The second-order valence-corrected chi connectivity index (χ2v) is 5.14. The number of unbranched alkanes of at least 4 members (excludes halogenated alkanes) is 1. The van der Waals surface area contributed by atoms with E-state index in [1.807, 2.05) is 12.1 Å². The Kier molecular flexibility index (Phi) is 5.54. The maximum atomic E-state index is 12.0. The van der Waals surface area contributed by atoms with Gasteiger partial charge in [-0.3, -0.25) is 14.6 Å². The summed E-state index contributed by atoms with van der Waals surface area (Å²) in [6.45, 7) is 5.75. The molecule has 1 aromatic rings. The highest BCUT2D eigenvalue weighted by Crippen LogP contribution is 2.16. The van der Waals surface area contributed by atoms with Crippen LogP contribution < -0.4 is 10.2 Å². The number of hydrogen-bond donors (Lipinski definition) is 1. The number of rotatable bonds is 6. The molecular formula is C15H22N4O2. The molecular weight excluding hydrogens is 268 g/mol. The first-order chi connectivity index (χ1) is 10.2. The van der Waals surface area contributed by atoms with Gasteiger partial charge in [-0.1, -0.05) is 13.3 Å². The molecule has 0 saturated carbocycles. The van der Waals surface area contributed by atoms with E-state index in [1.54, 1.807) is 11.1 Å². The van der Waals surface area contributed by atoms with Gasteiger partial charge in [-0.25, -0.2) is 0 Å². The monoisotopic (exact) mass is 290 g/mol. The van der Waals surface area contributed by atoms with Crippen LogP contribution in [0, 0.1) is 0 Å². The molecule has 2 amide bonds. The highest BCUT2D eigenvalue weighted by Gasteiger charge is 2.17. The number of carbonyl (C=O) groups excluding carboxylic acids is 2. The summed E-state index contributed by atoms with van der Waals surface area (Å²) in [6, 6.07) is 3.72. The SMILES string of the molecule is CCCCNC(=O)c1cc(N2CCN(C=O)CC2)ccn1. The molecule has 0 radical (unpaired) electrons. The Morgan fingerprint density at radius 1 is 1.38 bits per heavy atom. The van der Waals surface area contributed by atoms with E-state index in [0.29, 0.717) is 25.3 Å². The second kappa shape index (κ2) is 7.61. The molecule has 1 N–H and O–H groups in total. The fourth-order valence-electron chi connectivity index (χ4n) is 2.30. The minimum absolute atomic E-state index is 0.128. The lowest BCUT2D eigenvalue weighted by molar-refractivity contribution is -0.118. The summed E-state index contributed by atoms with van der Waals surface area (Å²) >= 11 is 0. The number of aromatic nitrogens is 1. The van der Waals surface area contributed by atoms with E-state index in [1.165, 1.54) is 0 Å². The van der Waals surface area contributed by atoms with Crippen molar-refractivity contribution in [3.05, 3.63) is 24.0 Å². The molecule has 6 heteroatoms. The number of hydrogen-bond acceptors (Lipinski definition) is 4. The molecule has 0 bridgehead atoms. The molecule has 21 heavy (non-hydrogen) atoms. The molecule has 0 aromatic carbocycles. The van der Waals surface area contributed by atoms with Crippen molar-refractivity contribution in [1.82, 2.24) is 15.2 Å². The zero-order valence-electron chi connectivity index (χ0n) is 12.4. The first kappa shape index (κ1) is 15.3. The number of amides is 2. The lowest BCUT2D eigenvalue weighted by Crippen LogP contribution is -2.45. The van der Waals surface area contributed by atoms with Crippen molar-refractivity contribution in [2.75, 3.05) is 37.6 Å². The zero-order chi connectivity index (χ0) is 15.1. The van der Waals surface area contributed by atoms with E-state index < -0.39 is 0 Å². The Balaban J connectivity index is 1.97. The fraction of sp³-hybridized carbons (Fsp3) is 0.533. The smallest absolute Gasteiger partial charge is 0.269 e. The van der Waals surface area contributed by atoms with Gasteiger partial charge in [0.1, 0.15) is 5.69 Å². The van der Waals surface area contributed by atoms with Crippen LogP contribution in [0.25, 0.3) is 0 Å². The fourth-order valence-corrected chi connectivity index (χ4v) is 2.30. The number of piperazine rings is 1. The van der Waals surface area contributed by atoms with Crippen LogP contribution in [0.15, 0.2) is 18.3 Å². The summed E-state index contributed by atoms with van der Waals surface area (Å²) in [5.74, 6) is -0.128. The van der Waals surface area contributed by atoms with Gasteiger partial charge >= 0.3 is 0 Å². The van der Waals surface area contributed by atoms with E-state index in [-0.39, 0.29) is 5.91 Å². The molecule has 2 heterocycles. The molecule has 1 aromatic heterocycles. The molecule has 1 aliphatic heterocycles. The lowest BCUT2D eigenvalue weighted by Gasteiger charge is -2.34. The summed E-state index contributed by atoms with van der Waals surface area (Å²) in [5.41, 5.74) is 1.43. The van der Waals surface area contributed by atoms with Crippen molar-refractivity contribution in [1.29, 1.82) is 0 Å². The lowest BCUT2D eigenvalue weighted by atomic mass is 10.2. The van der Waals surface area contributed by atoms with Gasteiger partial charge in [0.15, 0.2) is 0 Å². The maximum absolute atomic E-state index is 12.0. The maximum Gasteiger partial charge on any atom is 0.269 e. The van der Waals surface area contributed by atoms with Crippen molar-refractivity contribution in [3.8, 4) is 0 Å². The molecule has 1 saturated heterocycles. The molecule has 2 rings (SSSR count). The number of nitrogens with zero attached hydrogens (tertiary/aromatic N) is 3. The van der Waals surface area contributed by atoms with Crippen LogP contribution in [0.5, 0.6) is 0 Å². The molecule has 1 aliphatic rings. The quantitative estimate of drug-likeness (QED) is 0.624. The van der Waals surface area contributed by atoms with Gasteiger partial charge in [0, 0.05) is 44.6 Å². The Hall–Kier alpha value is -2.11. The predicted molar refractivity (Wildman–Crippen MR) is 81.3 cm³/mol. The van der Waals surface area contributed by atoms with Crippen molar-refractivity contribution >= 4 is 18.0 Å². The van der Waals surface area contributed by atoms with Gasteiger partial charge in [-0.05, 0) is 18.6 Å². The van der Waals surface area contributed by atoms with E-state index >= 15 is 0 Å². The van der Waals surface area contributed by atoms with Gasteiger partial charge in [0.05, 0.1) is 0 Å². The van der Waals surface area contributed by atoms with Crippen LogP contribution >= 0.6 is 0 Å². The van der Waals surface area contributed by atoms with Crippen LogP contribution in [-0.2, 0) is 4.79 Å². The Morgan fingerprint density at radius 2 is 2.14 bits per heavy atom. The Bertz CT molecular complexity index is 484. The van der Waals surface area contributed by atoms with E-state index in [0.717, 1.165) is 38.0 Å². The van der Waals surface area contributed by atoms with E-state index in [4.69, 9.17) is 0 Å². The second-order valence-electron chi connectivity index (χ2n) is 5.14. The third-order valence-electron chi connectivity index (χ3n) is 3.62. The number of pyridine rings is 1. The number of nitrogens with one attached hydrogen (secondary N) is 1. The van der Waals surface area contributed by atoms with E-state index in [2.05, 4.69) is 22.1 Å². The van der Waals surface area contributed by atoms with Crippen LogP contribution in [-0.4, -0.2) is 54.9 Å². The largest absolute Gasteiger partial charge is 0.368 e. The highest BCUT2D eigenvalue weighted by molar-refractivity contribution is 5.93. The average Bonchev–Trinajstić information content (AvgIpc) is 2.55. The molecule has 6 nitrogen and oxygen atoms in total. The third kappa shape index (κ3) is 4.18. The first-order valence-electron chi connectivity index (χ1n) is 7.43. The summed E-state index contributed by atoms with van der Waals surface area (Å²) < 4.78 is 0. The summed E-state index contributed by atoms with van der Waals surface area (Å²) in [7, 11) is 0. The number of carbonyl (C=O) groups is 2. The van der Waals surface area contributed by atoms with Crippen molar-refractivity contribution in [2.45, 2.75) is 19.8 Å². The Morgan fingerprint density at radius 3 is 2.81 bits per heavy atom. The highest BCUT2D eigenvalue weighted by atomic mass is 16.2. The van der Waals surface area contributed by atoms with Crippen molar-refractivity contribution in [3.63, 3.8) is 0 Å². The molecule has 0 unspecified atom stereocenters. The van der Waals surface area contributed by atoms with E-state index in [9.17, 15) is 9.59 Å². The van der Waals surface area contributed by atoms with Gasteiger partial charge in [0.2, 0.25) is 6.41 Å². The Labute approximate surface area is 125 Å². The minimum Gasteiger partial charge on any atom is -0.368 e. The topological polar surface area (TPSA) is 65.5 Å². The van der Waals surface area contributed by atoms with Crippen molar-refractivity contribution < 1.29 is 9.59 Å². The summed E-state index contributed by atoms with van der Waals surface area (Å²) in [5, 5.41) is 2.87. The van der Waals surface area contributed by atoms with Crippen molar-refractivity contribution in [2.24, 2.45) is 0 Å². The zero-order valence-corrected chi connectivity index (χ0v) is 12.4. The summed E-state index contributed by atoms with van der Waals surface area (Å²) in [4.78, 5) is 30.8. The predicted octanol–water partition coefficient (Wildman–Crippen LogP) is 0.890. The van der Waals surface area contributed by atoms with Crippen LogP contribution in [0.1, 0.15) is 30.3 Å². The molecule has 0 atom stereocenters.